The Morgan fingerprint density at radius 3 is 2.59 bits per heavy atom. The van der Waals surface area contributed by atoms with Gasteiger partial charge in [-0.15, -0.1) is 0 Å². The quantitative estimate of drug-likeness (QED) is 0.531. The van der Waals surface area contributed by atoms with Crippen LogP contribution in [0.25, 0.3) is 0 Å². The molecule has 1 amide bonds. The van der Waals surface area contributed by atoms with E-state index in [2.05, 4.69) is 20.6 Å². The maximum absolute atomic E-state index is 10.6. The number of anilines is 2. The lowest BCUT2D eigenvalue weighted by molar-refractivity contribution is -0.125. The largest absolute Gasteiger partial charge is 0.381 e. The van der Waals surface area contributed by atoms with E-state index in [0.29, 0.717) is 17.5 Å². The Balaban J connectivity index is 2.67. The molecule has 5 N–H and O–H groups in total. The highest BCUT2D eigenvalue weighted by atomic mass is 16.3. The maximum atomic E-state index is 10.6. The normalized spacial score (nSPS) is 11.9. The van der Waals surface area contributed by atoms with Crippen molar-refractivity contribution in [1.29, 1.82) is 0 Å². The second kappa shape index (κ2) is 6.00. The number of hydrogen-bond donors (Lipinski definition) is 4. The summed E-state index contributed by atoms with van der Waals surface area (Å²) in [4.78, 5) is 18.9. The molecule has 7 nitrogen and oxygen atoms in total. The molecule has 0 aliphatic rings. The summed E-state index contributed by atoms with van der Waals surface area (Å²) in [6, 6.07) is 1.70. The molecular formula is C10H17N5O2. The standard InChI is InChI=1S/C10H17N5O2/c1-3-12-8-4-9(15-6(2)14-8)13-5-7(16)10(11)17/h4,7,16H,3,5H2,1-2H3,(H2,11,17)(H2,12,13,14,15). The zero-order valence-corrected chi connectivity index (χ0v) is 9.90. The van der Waals surface area contributed by atoms with Gasteiger partial charge in [-0.3, -0.25) is 4.79 Å². The molecule has 0 spiro atoms. The predicted octanol–water partition coefficient (Wildman–Crippen LogP) is -0.525. The summed E-state index contributed by atoms with van der Waals surface area (Å²) in [5.41, 5.74) is 4.93. The molecule has 0 aliphatic heterocycles. The summed E-state index contributed by atoms with van der Waals surface area (Å²) < 4.78 is 0. The number of hydrogen-bond acceptors (Lipinski definition) is 6. The number of aromatic nitrogens is 2. The van der Waals surface area contributed by atoms with Crippen LogP contribution in [-0.2, 0) is 4.79 Å². The van der Waals surface area contributed by atoms with Crippen molar-refractivity contribution in [3.63, 3.8) is 0 Å². The van der Waals surface area contributed by atoms with E-state index in [-0.39, 0.29) is 6.54 Å². The van der Waals surface area contributed by atoms with Gasteiger partial charge >= 0.3 is 0 Å². The van der Waals surface area contributed by atoms with Crippen LogP contribution in [0.1, 0.15) is 12.7 Å². The van der Waals surface area contributed by atoms with E-state index in [9.17, 15) is 9.90 Å². The molecular weight excluding hydrogens is 222 g/mol. The number of primary amides is 1. The van der Waals surface area contributed by atoms with Gasteiger partial charge in [-0.2, -0.15) is 0 Å². The average molecular weight is 239 g/mol. The van der Waals surface area contributed by atoms with Crippen LogP contribution in [0.4, 0.5) is 11.6 Å². The number of rotatable bonds is 6. The number of aliphatic hydroxyl groups is 1. The average Bonchev–Trinajstić information content (AvgIpc) is 2.25. The number of amides is 1. The Bertz CT molecular complexity index is 396. The summed E-state index contributed by atoms with van der Waals surface area (Å²) >= 11 is 0. The summed E-state index contributed by atoms with van der Waals surface area (Å²) in [5, 5.41) is 15.1. The lowest BCUT2D eigenvalue weighted by Crippen LogP contribution is -2.34. The molecule has 1 heterocycles. The van der Waals surface area contributed by atoms with Crippen LogP contribution in [0.15, 0.2) is 6.07 Å². The molecule has 1 unspecified atom stereocenters. The van der Waals surface area contributed by atoms with Crippen LogP contribution in [0.2, 0.25) is 0 Å². The fraction of sp³-hybridized carbons (Fsp3) is 0.500. The molecule has 0 bridgehead atoms. The van der Waals surface area contributed by atoms with E-state index in [1.807, 2.05) is 6.92 Å². The highest BCUT2D eigenvalue weighted by Gasteiger charge is 2.10. The minimum absolute atomic E-state index is 0.0252. The van der Waals surface area contributed by atoms with Crippen molar-refractivity contribution >= 4 is 17.5 Å². The molecule has 0 fully saturated rings. The molecule has 0 aromatic carbocycles. The minimum Gasteiger partial charge on any atom is -0.381 e. The van der Waals surface area contributed by atoms with E-state index >= 15 is 0 Å². The van der Waals surface area contributed by atoms with Gasteiger partial charge in [0.2, 0.25) is 5.91 Å². The lowest BCUT2D eigenvalue weighted by atomic mass is 10.3. The van der Waals surface area contributed by atoms with Gasteiger partial charge in [0.1, 0.15) is 23.6 Å². The molecule has 1 rings (SSSR count). The molecule has 1 aromatic rings. The van der Waals surface area contributed by atoms with Crippen LogP contribution < -0.4 is 16.4 Å². The molecule has 0 radical (unpaired) electrons. The summed E-state index contributed by atoms with van der Waals surface area (Å²) in [6.45, 7) is 4.50. The van der Waals surface area contributed by atoms with Gasteiger partial charge in [0.05, 0.1) is 6.54 Å². The first-order valence-corrected chi connectivity index (χ1v) is 5.33. The summed E-state index contributed by atoms with van der Waals surface area (Å²) in [7, 11) is 0. The number of nitrogens with zero attached hydrogens (tertiary/aromatic N) is 2. The zero-order valence-electron chi connectivity index (χ0n) is 9.90. The number of nitrogens with two attached hydrogens (primary N) is 1. The third-order valence-electron chi connectivity index (χ3n) is 2.00. The summed E-state index contributed by atoms with van der Waals surface area (Å²) in [5.74, 6) is 1.06. The second-order valence-corrected chi connectivity index (χ2v) is 3.52. The van der Waals surface area contributed by atoms with E-state index in [4.69, 9.17) is 5.73 Å². The fourth-order valence-corrected chi connectivity index (χ4v) is 1.23. The Hall–Kier alpha value is -1.89. The van der Waals surface area contributed by atoms with E-state index < -0.39 is 12.0 Å². The SMILES string of the molecule is CCNc1cc(NCC(O)C(N)=O)nc(C)n1. The van der Waals surface area contributed by atoms with E-state index in [1.54, 1.807) is 13.0 Å². The predicted molar refractivity (Wildman–Crippen MR) is 64.6 cm³/mol. The van der Waals surface area contributed by atoms with Gasteiger partial charge in [0, 0.05) is 12.6 Å². The number of nitrogens with one attached hydrogen (secondary N) is 2. The van der Waals surface area contributed by atoms with Crippen molar-refractivity contribution in [2.75, 3.05) is 23.7 Å². The number of carbonyl (C=O) groups excluding carboxylic acids is 1. The van der Waals surface area contributed by atoms with Crippen LogP contribution in [0.3, 0.4) is 0 Å². The van der Waals surface area contributed by atoms with Gasteiger partial charge < -0.3 is 21.5 Å². The van der Waals surface area contributed by atoms with Crippen molar-refractivity contribution < 1.29 is 9.90 Å². The van der Waals surface area contributed by atoms with Gasteiger partial charge in [-0.05, 0) is 13.8 Å². The highest BCUT2D eigenvalue weighted by Crippen LogP contribution is 2.10. The maximum Gasteiger partial charge on any atom is 0.248 e. The van der Waals surface area contributed by atoms with Crippen LogP contribution in [0, 0.1) is 6.92 Å². The second-order valence-electron chi connectivity index (χ2n) is 3.52. The third-order valence-corrected chi connectivity index (χ3v) is 2.00. The molecule has 94 valence electrons. The molecule has 1 atom stereocenters. The first-order valence-electron chi connectivity index (χ1n) is 5.33. The van der Waals surface area contributed by atoms with E-state index in [0.717, 1.165) is 6.54 Å². The van der Waals surface area contributed by atoms with Crippen molar-refractivity contribution in [2.24, 2.45) is 5.73 Å². The fourth-order valence-electron chi connectivity index (χ4n) is 1.23. The Morgan fingerprint density at radius 1 is 1.47 bits per heavy atom. The zero-order chi connectivity index (χ0) is 12.8. The highest BCUT2D eigenvalue weighted by molar-refractivity contribution is 5.79. The van der Waals surface area contributed by atoms with Crippen molar-refractivity contribution in [3.05, 3.63) is 11.9 Å². The monoisotopic (exact) mass is 239 g/mol. The van der Waals surface area contributed by atoms with Crippen LogP contribution >= 0.6 is 0 Å². The third kappa shape index (κ3) is 4.23. The topological polar surface area (TPSA) is 113 Å². The first kappa shape index (κ1) is 13.2. The van der Waals surface area contributed by atoms with Crippen molar-refractivity contribution in [1.82, 2.24) is 9.97 Å². The van der Waals surface area contributed by atoms with Gasteiger partial charge in [-0.25, -0.2) is 9.97 Å². The number of aryl methyl sites for hydroxylation is 1. The van der Waals surface area contributed by atoms with Crippen molar-refractivity contribution in [3.8, 4) is 0 Å². The molecule has 17 heavy (non-hydrogen) atoms. The molecule has 0 saturated heterocycles. The van der Waals surface area contributed by atoms with Gasteiger partial charge in [0.25, 0.3) is 0 Å². The smallest absolute Gasteiger partial charge is 0.248 e. The van der Waals surface area contributed by atoms with E-state index in [1.165, 1.54) is 0 Å². The number of carbonyl (C=O) groups is 1. The minimum atomic E-state index is -1.23. The first-order chi connectivity index (χ1) is 8.02. The Kier molecular flexibility index (Phi) is 4.65. The lowest BCUT2D eigenvalue weighted by Gasteiger charge is -2.11. The molecule has 0 saturated carbocycles. The summed E-state index contributed by atoms with van der Waals surface area (Å²) in [6.07, 6.45) is -1.23. The van der Waals surface area contributed by atoms with Gasteiger partial charge in [0.15, 0.2) is 0 Å². The van der Waals surface area contributed by atoms with Gasteiger partial charge in [-0.1, -0.05) is 0 Å². The number of aliphatic hydroxyl groups excluding tert-OH is 1. The molecule has 7 heteroatoms. The Labute approximate surface area is 99.5 Å². The van der Waals surface area contributed by atoms with Crippen molar-refractivity contribution in [2.45, 2.75) is 20.0 Å². The Morgan fingerprint density at radius 2 is 2.06 bits per heavy atom. The molecule has 1 aromatic heterocycles. The molecule has 0 aliphatic carbocycles. The van der Waals surface area contributed by atoms with Crippen LogP contribution in [0.5, 0.6) is 0 Å². The van der Waals surface area contributed by atoms with Crippen LogP contribution in [-0.4, -0.2) is 40.2 Å².